The Morgan fingerprint density at radius 2 is 1.55 bits per heavy atom. The van der Waals surface area contributed by atoms with Gasteiger partial charge in [-0.1, -0.05) is 66.2 Å². The maximum atomic E-state index is 14.4. The Labute approximate surface area is 223 Å². The molecule has 1 unspecified atom stereocenters. The van der Waals surface area contributed by atoms with Crippen LogP contribution in [0.25, 0.3) is 0 Å². The van der Waals surface area contributed by atoms with Gasteiger partial charge in [0.15, 0.2) is 18.7 Å². The second-order valence-electron chi connectivity index (χ2n) is 9.82. The highest BCUT2D eigenvalue weighted by Crippen LogP contribution is 2.69. The number of ether oxygens (including phenoxy) is 4. The summed E-state index contributed by atoms with van der Waals surface area (Å²) >= 11 is 0. The van der Waals surface area contributed by atoms with Crippen LogP contribution in [0.5, 0.6) is 0 Å². The maximum Gasteiger partial charge on any atom is 0.275 e. The molecule has 0 amide bonds. The van der Waals surface area contributed by atoms with Gasteiger partial charge in [-0.2, -0.15) is 0 Å². The zero-order chi connectivity index (χ0) is 26.5. The van der Waals surface area contributed by atoms with E-state index >= 15 is 0 Å². The molecule has 0 aromatic heterocycles. The Morgan fingerprint density at radius 1 is 0.895 bits per heavy atom. The molecule has 0 spiro atoms. The molecule has 3 aliphatic heterocycles. The molecule has 10 heteroatoms. The highest BCUT2D eigenvalue weighted by molar-refractivity contribution is 7.98. The first kappa shape index (κ1) is 26.0. The third-order valence-corrected chi connectivity index (χ3v) is 13.5. The van der Waals surface area contributed by atoms with Crippen LogP contribution in [0.4, 0.5) is 0 Å². The standard InChI is InChI=1S/C28H31NO7PS/c1-19-14-16-22(17-15-19)38(30,31)29-24-26(36-37(29,3)21-12-8-5-9-13-21)25-23(34-28(24)32-2)18-33-27(35-25)20-10-6-4-7-11-20/h4-17,23-28H,18H2,1-3H3/q+1/t23-,24-,25-,26-,27-,28+,37?/m1/s1. The second kappa shape index (κ2) is 10.1. The van der Waals surface area contributed by atoms with Gasteiger partial charge in [-0.3, -0.25) is 0 Å². The van der Waals surface area contributed by atoms with Crippen molar-refractivity contribution in [1.82, 2.24) is 4.08 Å². The monoisotopic (exact) mass is 556 g/mol. The van der Waals surface area contributed by atoms with E-state index in [1.165, 1.54) is 11.2 Å². The van der Waals surface area contributed by atoms with Crippen molar-refractivity contribution in [1.29, 1.82) is 0 Å². The van der Waals surface area contributed by atoms with Gasteiger partial charge in [0.2, 0.25) is 0 Å². The van der Waals surface area contributed by atoms with E-state index in [0.29, 0.717) is 0 Å². The number of benzene rings is 3. The molecule has 3 fully saturated rings. The molecular formula is C28H31NO7PS+. The number of methoxy groups -OCH3 is 1. The van der Waals surface area contributed by atoms with Crippen LogP contribution in [0.3, 0.4) is 0 Å². The van der Waals surface area contributed by atoms with Gasteiger partial charge in [0.1, 0.15) is 23.6 Å². The molecule has 6 rings (SSSR count). The highest BCUT2D eigenvalue weighted by atomic mass is 32.2. The zero-order valence-electron chi connectivity index (χ0n) is 21.4. The summed E-state index contributed by atoms with van der Waals surface area (Å²) in [6.45, 7) is 4.08. The van der Waals surface area contributed by atoms with Crippen LogP contribution in [0.2, 0.25) is 0 Å². The van der Waals surface area contributed by atoms with Crippen molar-refractivity contribution < 1.29 is 31.9 Å². The SMILES string of the molecule is CO[C@H]1O[C@@H]2CO[C@@H](c3ccccc3)O[C@H]2[C@@H]2O[P+](C)(c3ccccc3)N(S(=O)(=O)c3ccc(C)cc3)[C@@H]12. The number of hydrogen-bond donors (Lipinski definition) is 0. The normalized spacial score (nSPS) is 33.4. The van der Waals surface area contributed by atoms with Gasteiger partial charge in [-0.15, -0.1) is 0 Å². The van der Waals surface area contributed by atoms with Gasteiger partial charge in [-0.05, 0) is 35.3 Å². The van der Waals surface area contributed by atoms with Crippen LogP contribution < -0.4 is 5.30 Å². The van der Waals surface area contributed by atoms with E-state index in [2.05, 4.69) is 0 Å². The van der Waals surface area contributed by atoms with Crippen molar-refractivity contribution in [2.24, 2.45) is 0 Å². The van der Waals surface area contributed by atoms with E-state index < -0.39 is 54.6 Å². The van der Waals surface area contributed by atoms with Gasteiger partial charge >= 0.3 is 0 Å². The van der Waals surface area contributed by atoms with Crippen LogP contribution in [0.1, 0.15) is 17.4 Å². The molecule has 38 heavy (non-hydrogen) atoms. The minimum atomic E-state index is -4.02. The van der Waals surface area contributed by atoms with Crippen molar-refractivity contribution in [3.05, 3.63) is 96.1 Å². The Hall–Kier alpha value is -2.20. The smallest absolute Gasteiger partial charge is 0.275 e. The summed E-state index contributed by atoms with van der Waals surface area (Å²) < 4.78 is 61.7. The highest BCUT2D eigenvalue weighted by Gasteiger charge is 2.72. The number of sulfonamides is 1. The molecule has 3 saturated heterocycles. The summed E-state index contributed by atoms with van der Waals surface area (Å²) in [7, 11) is -5.42. The van der Waals surface area contributed by atoms with Crippen molar-refractivity contribution in [3.8, 4) is 0 Å². The zero-order valence-corrected chi connectivity index (χ0v) is 23.1. The molecule has 0 aliphatic carbocycles. The quantitative estimate of drug-likeness (QED) is 0.439. The number of fused-ring (bicyclic) bond motifs is 3. The largest absolute Gasteiger partial charge is 0.354 e. The molecule has 8 nitrogen and oxygen atoms in total. The van der Waals surface area contributed by atoms with Crippen LogP contribution in [-0.2, 0) is 33.5 Å². The molecule has 0 saturated carbocycles. The fourth-order valence-electron chi connectivity index (χ4n) is 5.49. The van der Waals surface area contributed by atoms with E-state index in [9.17, 15) is 8.42 Å². The Kier molecular flexibility index (Phi) is 6.91. The predicted molar refractivity (Wildman–Crippen MR) is 143 cm³/mol. The first-order chi connectivity index (χ1) is 18.3. The molecule has 0 bridgehead atoms. The average Bonchev–Trinajstić information content (AvgIpc) is 3.29. The summed E-state index contributed by atoms with van der Waals surface area (Å²) in [5.74, 6) is 0. The minimum absolute atomic E-state index is 0.196. The van der Waals surface area contributed by atoms with Gasteiger partial charge in [-0.25, -0.2) is 12.9 Å². The first-order valence-corrected chi connectivity index (χ1v) is 16.1. The van der Waals surface area contributed by atoms with E-state index in [-0.39, 0.29) is 11.5 Å². The van der Waals surface area contributed by atoms with E-state index in [4.69, 9.17) is 23.5 Å². The average molecular weight is 557 g/mol. The lowest BCUT2D eigenvalue weighted by Crippen LogP contribution is -2.63. The predicted octanol–water partition coefficient (Wildman–Crippen LogP) is 4.04. The molecule has 0 radical (unpaired) electrons. The van der Waals surface area contributed by atoms with Crippen molar-refractivity contribution in [3.63, 3.8) is 0 Å². The van der Waals surface area contributed by atoms with Gasteiger partial charge in [0.05, 0.1) is 18.2 Å². The summed E-state index contributed by atoms with van der Waals surface area (Å²) in [4.78, 5) is 0.196. The third-order valence-electron chi connectivity index (χ3n) is 7.37. The molecule has 7 atom stereocenters. The van der Waals surface area contributed by atoms with Crippen LogP contribution >= 0.6 is 7.64 Å². The Balaban J connectivity index is 1.46. The van der Waals surface area contributed by atoms with E-state index in [1.54, 1.807) is 24.3 Å². The first-order valence-electron chi connectivity index (χ1n) is 12.6. The minimum Gasteiger partial charge on any atom is -0.354 e. The summed E-state index contributed by atoms with van der Waals surface area (Å²) in [5.41, 5.74) is 1.85. The molecule has 3 aliphatic rings. The molecule has 200 valence electrons. The molecule has 3 aromatic rings. The van der Waals surface area contributed by atoms with Crippen molar-refractivity contribution in [2.75, 3.05) is 20.4 Å². The Bertz CT molecular complexity index is 1380. The molecule has 3 heterocycles. The lowest BCUT2D eigenvalue weighted by atomic mass is 9.96. The van der Waals surface area contributed by atoms with Gasteiger partial charge < -0.3 is 18.9 Å². The van der Waals surface area contributed by atoms with Crippen LogP contribution in [0, 0.1) is 6.92 Å². The van der Waals surface area contributed by atoms with E-state index in [0.717, 1.165) is 16.4 Å². The molecular weight excluding hydrogens is 525 g/mol. The van der Waals surface area contributed by atoms with Gasteiger partial charge in [0.25, 0.3) is 17.7 Å². The topological polar surface area (TPSA) is 83.5 Å². The number of hydrogen-bond acceptors (Lipinski definition) is 7. The fourth-order valence-corrected chi connectivity index (χ4v) is 11.7. The summed E-state index contributed by atoms with van der Waals surface area (Å²) in [6, 6.07) is 25.3. The van der Waals surface area contributed by atoms with Crippen molar-refractivity contribution >= 4 is 23.0 Å². The Morgan fingerprint density at radius 3 is 2.21 bits per heavy atom. The maximum absolute atomic E-state index is 14.4. The third kappa shape index (κ3) is 4.31. The van der Waals surface area contributed by atoms with Crippen LogP contribution in [-0.4, -0.2) is 63.5 Å². The van der Waals surface area contributed by atoms with E-state index in [1.807, 2.05) is 74.3 Å². The lowest BCUT2D eigenvalue weighted by molar-refractivity contribution is -0.336. The second-order valence-corrected chi connectivity index (χ2v) is 14.8. The molecule has 3 aromatic carbocycles. The van der Waals surface area contributed by atoms with Crippen LogP contribution in [0.15, 0.2) is 89.8 Å². The lowest BCUT2D eigenvalue weighted by Gasteiger charge is -2.45. The number of aryl methyl sites for hydroxylation is 1. The number of rotatable bonds is 5. The molecule has 0 N–H and O–H groups in total. The van der Waals surface area contributed by atoms with Gasteiger partial charge in [0, 0.05) is 12.7 Å². The number of nitrogens with zero attached hydrogens (tertiary/aromatic N) is 1. The fraction of sp³-hybridized carbons (Fsp3) is 0.357. The summed E-state index contributed by atoms with van der Waals surface area (Å²) in [6.07, 6.45) is -3.16. The van der Waals surface area contributed by atoms with Crippen molar-refractivity contribution in [2.45, 2.75) is 48.8 Å². The summed E-state index contributed by atoms with van der Waals surface area (Å²) in [5, 5.41) is 0.808.